The van der Waals surface area contributed by atoms with Crippen LogP contribution >= 0.6 is 15.9 Å². The standard InChI is InChI=1S/C14H22BrN3/c1-2-18-9-7-14(11-16,8-10-18)17-13-6-4-3-5-12(13)15/h3-6,17H,2,7-11,16H2,1H3. The van der Waals surface area contributed by atoms with E-state index >= 15 is 0 Å². The summed E-state index contributed by atoms with van der Waals surface area (Å²) < 4.78 is 1.11. The topological polar surface area (TPSA) is 41.3 Å². The summed E-state index contributed by atoms with van der Waals surface area (Å²) >= 11 is 3.59. The summed E-state index contributed by atoms with van der Waals surface area (Å²) in [6, 6.07) is 8.25. The van der Waals surface area contributed by atoms with Gasteiger partial charge < -0.3 is 16.0 Å². The maximum absolute atomic E-state index is 6.03. The summed E-state index contributed by atoms with van der Waals surface area (Å²) in [5.41, 5.74) is 7.22. The Morgan fingerprint density at radius 1 is 1.33 bits per heavy atom. The Morgan fingerprint density at radius 3 is 2.56 bits per heavy atom. The van der Waals surface area contributed by atoms with Crippen molar-refractivity contribution in [1.29, 1.82) is 0 Å². The van der Waals surface area contributed by atoms with Gasteiger partial charge >= 0.3 is 0 Å². The van der Waals surface area contributed by atoms with Gasteiger partial charge in [0.05, 0.1) is 5.54 Å². The second-order valence-corrected chi connectivity index (χ2v) is 5.88. The van der Waals surface area contributed by atoms with Crippen molar-refractivity contribution < 1.29 is 0 Å². The van der Waals surface area contributed by atoms with Crippen LogP contribution in [0.25, 0.3) is 0 Å². The number of piperidine rings is 1. The Labute approximate surface area is 118 Å². The van der Waals surface area contributed by atoms with Crippen molar-refractivity contribution in [2.75, 3.05) is 31.5 Å². The molecular weight excluding hydrogens is 290 g/mol. The molecule has 0 unspecified atom stereocenters. The highest BCUT2D eigenvalue weighted by Gasteiger charge is 2.33. The average molecular weight is 312 g/mol. The van der Waals surface area contributed by atoms with E-state index in [2.05, 4.69) is 51.3 Å². The predicted octanol–water partition coefficient (Wildman–Crippen LogP) is 2.67. The fourth-order valence-electron chi connectivity index (χ4n) is 2.53. The van der Waals surface area contributed by atoms with Gasteiger partial charge in [0.1, 0.15) is 0 Å². The first-order chi connectivity index (χ1) is 8.69. The molecule has 0 amide bonds. The van der Waals surface area contributed by atoms with Gasteiger partial charge in [-0.1, -0.05) is 19.1 Å². The van der Waals surface area contributed by atoms with Crippen LogP contribution < -0.4 is 11.1 Å². The first-order valence-corrected chi connectivity index (χ1v) is 7.43. The summed E-state index contributed by atoms with van der Waals surface area (Å²) in [5.74, 6) is 0. The maximum Gasteiger partial charge on any atom is 0.0520 e. The summed E-state index contributed by atoms with van der Waals surface area (Å²) in [5, 5.41) is 3.66. The largest absolute Gasteiger partial charge is 0.377 e. The first kappa shape index (κ1) is 13.8. The van der Waals surface area contributed by atoms with E-state index in [-0.39, 0.29) is 5.54 Å². The van der Waals surface area contributed by atoms with Crippen LogP contribution in [0.1, 0.15) is 19.8 Å². The number of anilines is 1. The van der Waals surface area contributed by atoms with E-state index in [4.69, 9.17) is 5.73 Å². The number of benzene rings is 1. The molecule has 0 bridgehead atoms. The molecule has 1 saturated heterocycles. The number of hydrogen-bond donors (Lipinski definition) is 2. The van der Waals surface area contributed by atoms with Crippen molar-refractivity contribution in [2.45, 2.75) is 25.3 Å². The molecule has 100 valence electrons. The molecule has 1 aliphatic heterocycles. The third-order valence-electron chi connectivity index (χ3n) is 3.92. The van der Waals surface area contributed by atoms with Crippen molar-refractivity contribution in [2.24, 2.45) is 5.73 Å². The van der Waals surface area contributed by atoms with Crippen molar-refractivity contribution in [3.05, 3.63) is 28.7 Å². The molecule has 3 nitrogen and oxygen atoms in total. The zero-order valence-corrected chi connectivity index (χ0v) is 12.5. The van der Waals surface area contributed by atoms with Crippen molar-refractivity contribution in [3.8, 4) is 0 Å². The van der Waals surface area contributed by atoms with E-state index < -0.39 is 0 Å². The predicted molar refractivity (Wildman–Crippen MR) is 80.9 cm³/mol. The lowest BCUT2D eigenvalue weighted by Gasteiger charge is -2.42. The average Bonchev–Trinajstić information content (AvgIpc) is 2.42. The molecule has 4 heteroatoms. The molecule has 1 fully saturated rings. The van der Waals surface area contributed by atoms with Gasteiger partial charge in [0.15, 0.2) is 0 Å². The van der Waals surface area contributed by atoms with Crippen LogP contribution in [0.2, 0.25) is 0 Å². The first-order valence-electron chi connectivity index (χ1n) is 6.64. The number of para-hydroxylation sites is 1. The molecule has 1 aliphatic rings. The Morgan fingerprint density at radius 2 is 2.00 bits per heavy atom. The molecular formula is C14H22BrN3. The third kappa shape index (κ3) is 3.05. The van der Waals surface area contributed by atoms with Gasteiger partial charge in [0, 0.05) is 29.8 Å². The summed E-state index contributed by atoms with van der Waals surface area (Å²) in [6.45, 7) is 6.30. The van der Waals surface area contributed by atoms with Crippen LogP contribution in [-0.4, -0.2) is 36.6 Å². The van der Waals surface area contributed by atoms with Crippen LogP contribution in [0.3, 0.4) is 0 Å². The normalized spacial score (nSPS) is 19.7. The molecule has 0 saturated carbocycles. The fraction of sp³-hybridized carbons (Fsp3) is 0.571. The Bertz CT molecular complexity index is 386. The number of halogens is 1. The molecule has 3 N–H and O–H groups in total. The molecule has 1 heterocycles. The van der Waals surface area contributed by atoms with Crippen LogP contribution in [-0.2, 0) is 0 Å². The summed E-state index contributed by atoms with van der Waals surface area (Å²) in [6.07, 6.45) is 2.22. The minimum atomic E-state index is 0.0511. The van der Waals surface area contributed by atoms with Crippen LogP contribution in [0.4, 0.5) is 5.69 Å². The highest BCUT2D eigenvalue weighted by atomic mass is 79.9. The third-order valence-corrected chi connectivity index (χ3v) is 4.62. The lowest BCUT2D eigenvalue weighted by atomic mass is 9.87. The fourth-order valence-corrected chi connectivity index (χ4v) is 2.91. The second-order valence-electron chi connectivity index (χ2n) is 5.02. The van der Waals surface area contributed by atoms with E-state index in [1.165, 1.54) is 0 Å². The zero-order valence-electron chi connectivity index (χ0n) is 11.0. The minimum absolute atomic E-state index is 0.0511. The SMILES string of the molecule is CCN1CCC(CN)(Nc2ccccc2Br)CC1. The number of likely N-dealkylation sites (tertiary alicyclic amines) is 1. The van der Waals surface area contributed by atoms with Gasteiger partial charge in [-0.2, -0.15) is 0 Å². The highest BCUT2D eigenvalue weighted by molar-refractivity contribution is 9.10. The van der Waals surface area contributed by atoms with Crippen LogP contribution in [0.5, 0.6) is 0 Å². The molecule has 2 rings (SSSR count). The van der Waals surface area contributed by atoms with Crippen LogP contribution in [0, 0.1) is 0 Å². The number of hydrogen-bond acceptors (Lipinski definition) is 3. The van der Waals surface area contributed by atoms with E-state index in [9.17, 15) is 0 Å². The monoisotopic (exact) mass is 311 g/mol. The number of nitrogens with zero attached hydrogens (tertiary/aromatic N) is 1. The molecule has 0 radical (unpaired) electrons. The molecule has 0 aromatic heterocycles. The molecule has 18 heavy (non-hydrogen) atoms. The molecule has 1 aromatic carbocycles. The number of nitrogens with one attached hydrogen (secondary N) is 1. The van der Waals surface area contributed by atoms with Crippen molar-refractivity contribution >= 4 is 21.6 Å². The smallest absolute Gasteiger partial charge is 0.0520 e. The molecule has 0 atom stereocenters. The second kappa shape index (κ2) is 6.04. The van der Waals surface area contributed by atoms with Crippen molar-refractivity contribution in [3.63, 3.8) is 0 Å². The van der Waals surface area contributed by atoms with E-state index in [1.807, 2.05) is 6.07 Å². The van der Waals surface area contributed by atoms with E-state index in [1.54, 1.807) is 0 Å². The van der Waals surface area contributed by atoms with Gasteiger partial charge in [-0.3, -0.25) is 0 Å². The van der Waals surface area contributed by atoms with Crippen LogP contribution in [0.15, 0.2) is 28.7 Å². The minimum Gasteiger partial charge on any atom is -0.377 e. The number of rotatable bonds is 4. The number of nitrogens with two attached hydrogens (primary N) is 1. The molecule has 1 aromatic rings. The van der Waals surface area contributed by atoms with Gasteiger partial charge in [-0.15, -0.1) is 0 Å². The summed E-state index contributed by atoms with van der Waals surface area (Å²) in [4.78, 5) is 2.48. The lowest BCUT2D eigenvalue weighted by molar-refractivity contribution is 0.184. The zero-order chi connectivity index (χ0) is 13.0. The van der Waals surface area contributed by atoms with E-state index in [0.717, 1.165) is 42.6 Å². The van der Waals surface area contributed by atoms with Gasteiger partial charge in [-0.05, 0) is 47.4 Å². The Kier molecular flexibility index (Phi) is 4.65. The van der Waals surface area contributed by atoms with E-state index in [0.29, 0.717) is 6.54 Å². The lowest BCUT2D eigenvalue weighted by Crippen LogP contribution is -2.53. The Hall–Kier alpha value is -0.580. The highest BCUT2D eigenvalue weighted by Crippen LogP contribution is 2.30. The van der Waals surface area contributed by atoms with Gasteiger partial charge in [0.2, 0.25) is 0 Å². The maximum atomic E-state index is 6.03. The Balaban J connectivity index is 2.08. The van der Waals surface area contributed by atoms with Gasteiger partial charge in [-0.25, -0.2) is 0 Å². The summed E-state index contributed by atoms with van der Waals surface area (Å²) in [7, 11) is 0. The molecule has 0 spiro atoms. The quantitative estimate of drug-likeness (QED) is 0.898. The molecule has 0 aliphatic carbocycles. The van der Waals surface area contributed by atoms with Crippen molar-refractivity contribution in [1.82, 2.24) is 4.90 Å². The van der Waals surface area contributed by atoms with Gasteiger partial charge in [0.25, 0.3) is 0 Å².